The largest absolute Gasteiger partial charge is 0.368 e. The molecule has 3 rings (SSSR count). The van der Waals surface area contributed by atoms with E-state index in [9.17, 15) is 22.8 Å². The van der Waals surface area contributed by atoms with Gasteiger partial charge in [-0.05, 0) is 31.0 Å². The molecule has 0 bridgehead atoms. The quantitative estimate of drug-likeness (QED) is 0.485. The first kappa shape index (κ1) is 21.2. The van der Waals surface area contributed by atoms with E-state index in [4.69, 9.17) is 5.73 Å². The Kier molecular flexibility index (Phi) is 6.20. The minimum atomic E-state index is -4.24. The van der Waals surface area contributed by atoms with Crippen LogP contribution in [-0.2, 0) is 24.4 Å². The summed E-state index contributed by atoms with van der Waals surface area (Å²) in [6.07, 6.45) is 1.12. The molecule has 3 amide bonds. The zero-order valence-corrected chi connectivity index (χ0v) is 17.0. The Labute approximate surface area is 169 Å². The average Bonchev–Trinajstić information content (AvgIpc) is 3.12. The Hall–Kier alpha value is -2.50. The van der Waals surface area contributed by atoms with Crippen LogP contribution in [0.2, 0.25) is 0 Å². The Morgan fingerprint density at radius 1 is 1.21 bits per heavy atom. The molecule has 2 fully saturated rings. The van der Waals surface area contributed by atoms with Gasteiger partial charge in [0.2, 0.25) is 21.8 Å². The Morgan fingerprint density at radius 3 is 2.48 bits per heavy atom. The van der Waals surface area contributed by atoms with E-state index in [1.54, 1.807) is 17.9 Å². The third-order valence-electron chi connectivity index (χ3n) is 5.14. The Bertz CT molecular complexity index is 927. The predicted octanol–water partition coefficient (Wildman–Crippen LogP) is -1.31. The lowest BCUT2D eigenvalue weighted by Gasteiger charge is -2.30. The molecule has 2 saturated heterocycles. The molecule has 29 heavy (non-hydrogen) atoms. The van der Waals surface area contributed by atoms with Crippen LogP contribution < -0.4 is 20.7 Å². The van der Waals surface area contributed by atoms with Crippen molar-refractivity contribution in [2.75, 3.05) is 37.6 Å². The first-order chi connectivity index (χ1) is 13.7. The molecule has 0 radical (unpaired) electrons. The molecule has 1 atom stereocenters. The number of hydrogen-bond donors (Lipinski definition) is 3. The lowest BCUT2D eigenvalue weighted by atomic mass is 10.2. The van der Waals surface area contributed by atoms with Gasteiger partial charge in [0.25, 0.3) is 5.91 Å². The van der Waals surface area contributed by atoms with E-state index >= 15 is 0 Å². The van der Waals surface area contributed by atoms with Crippen LogP contribution in [0.3, 0.4) is 0 Å². The molecule has 1 aromatic rings. The molecule has 0 unspecified atom stereocenters. The van der Waals surface area contributed by atoms with E-state index in [0.29, 0.717) is 56.8 Å². The van der Waals surface area contributed by atoms with Crippen molar-refractivity contribution >= 4 is 33.4 Å². The molecule has 0 aliphatic carbocycles. The maximum Gasteiger partial charge on any atom is 0.250 e. The number of rotatable bonds is 6. The summed E-state index contributed by atoms with van der Waals surface area (Å²) in [5, 5.41) is 3.07. The van der Waals surface area contributed by atoms with Crippen LogP contribution in [-0.4, -0.2) is 69.8 Å². The van der Waals surface area contributed by atoms with Gasteiger partial charge < -0.3 is 20.9 Å². The molecular weight excluding hydrogens is 398 g/mol. The van der Waals surface area contributed by atoms with Crippen molar-refractivity contribution in [1.29, 1.82) is 0 Å². The topological polar surface area (TPSA) is 142 Å². The molecule has 1 aromatic carbocycles. The molecule has 10 nitrogen and oxygen atoms in total. The first-order valence-electron chi connectivity index (χ1n) is 9.43. The van der Waals surface area contributed by atoms with E-state index in [1.807, 2.05) is 0 Å². The number of nitrogens with two attached hydrogens (primary N) is 1. The monoisotopic (exact) mass is 423 g/mol. The third-order valence-corrected chi connectivity index (χ3v) is 6.71. The van der Waals surface area contributed by atoms with Gasteiger partial charge in [-0.1, -0.05) is 6.07 Å². The van der Waals surface area contributed by atoms with Crippen molar-refractivity contribution in [1.82, 2.24) is 14.9 Å². The molecule has 2 aliphatic rings. The number of nitrogens with one attached hydrogen (secondary N) is 2. The summed E-state index contributed by atoms with van der Waals surface area (Å²) in [6.45, 7) is 3.92. The number of carbonyl (C=O) groups is 3. The van der Waals surface area contributed by atoms with Crippen molar-refractivity contribution in [3.8, 4) is 0 Å². The number of sulfonamides is 1. The maximum atomic E-state index is 13.0. The van der Waals surface area contributed by atoms with Crippen LogP contribution in [0.4, 0.5) is 5.69 Å². The standard InChI is InChI=1S/C18H25N5O5S/c1-12-13(23-9-3-6-15(23)24)4-2-5-14(12)29(27,28)21-16(17(19)25)18(26)22-10-7-20-8-11-22/h2,4-5,16,20-21H,3,6-11H2,1H3,(H2,19,25)/t16-/m0/s1. The number of piperazine rings is 1. The third kappa shape index (κ3) is 4.41. The highest BCUT2D eigenvalue weighted by Crippen LogP contribution is 2.29. The molecular formula is C18H25N5O5S. The van der Waals surface area contributed by atoms with Gasteiger partial charge in [0.1, 0.15) is 0 Å². The van der Waals surface area contributed by atoms with E-state index in [0.717, 1.165) is 0 Å². The van der Waals surface area contributed by atoms with Crippen molar-refractivity contribution in [3.63, 3.8) is 0 Å². The second-order valence-electron chi connectivity index (χ2n) is 7.08. The number of amides is 3. The lowest BCUT2D eigenvalue weighted by molar-refractivity contribution is -0.138. The fourth-order valence-corrected chi connectivity index (χ4v) is 5.03. The minimum Gasteiger partial charge on any atom is -0.368 e. The smallest absolute Gasteiger partial charge is 0.250 e. The number of carbonyl (C=O) groups excluding carboxylic acids is 3. The molecule has 0 spiro atoms. The number of nitrogens with zero attached hydrogens (tertiary/aromatic N) is 2. The van der Waals surface area contributed by atoms with Crippen LogP contribution in [0, 0.1) is 6.92 Å². The zero-order chi connectivity index (χ0) is 21.2. The van der Waals surface area contributed by atoms with Crippen LogP contribution in [0.15, 0.2) is 23.1 Å². The van der Waals surface area contributed by atoms with Crippen molar-refractivity contribution in [2.45, 2.75) is 30.7 Å². The highest BCUT2D eigenvalue weighted by Gasteiger charge is 2.35. The molecule has 0 saturated carbocycles. The number of anilines is 1. The fourth-order valence-electron chi connectivity index (χ4n) is 3.61. The van der Waals surface area contributed by atoms with E-state index in [-0.39, 0.29) is 10.8 Å². The summed E-state index contributed by atoms with van der Waals surface area (Å²) in [4.78, 5) is 39.5. The van der Waals surface area contributed by atoms with Crippen molar-refractivity contribution in [3.05, 3.63) is 23.8 Å². The molecule has 11 heteroatoms. The SMILES string of the molecule is Cc1c(N2CCCC2=O)cccc1S(=O)(=O)N[C@@H](C(N)=O)C(=O)N1CCNCC1. The second-order valence-corrected chi connectivity index (χ2v) is 8.76. The number of benzene rings is 1. The molecule has 2 aliphatic heterocycles. The van der Waals surface area contributed by atoms with Crippen LogP contribution in [0.25, 0.3) is 0 Å². The normalized spacial score (nSPS) is 18.7. The first-order valence-corrected chi connectivity index (χ1v) is 10.9. The molecule has 0 aromatic heterocycles. The minimum absolute atomic E-state index is 0.0699. The molecule has 4 N–H and O–H groups in total. The summed E-state index contributed by atoms with van der Waals surface area (Å²) in [5.74, 6) is -1.81. The summed E-state index contributed by atoms with van der Waals surface area (Å²) in [7, 11) is -4.24. The number of hydrogen-bond acceptors (Lipinski definition) is 6. The van der Waals surface area contributed by atoms with Crippen molar-refractivity contribution in [2.24, 2.45) is 5.73 Å². The summed E-state index contributed by atoms with van der Waals surface area (Å²) >= 11 is 0. The Balaban J connectivity index is 1.88. The molecule has 158 valence electrons. The van der Waals surface area contributed by atoms with Gasteiger partial charge in [0, 0.05) is 44.8 Å². The van der Waals surface area contributed by atoms with Gasteiger partial charge in [0.15, 0.2) is 6.04 Å². The second kappa shape index (κ2) is 8.47. The van der Waals surface area contributed by atoms with Gasteiger partial charge in [-0.25, -0.2) is 8.42 Å². The summed E-state index contributed by atoms with van der Waals surface area (Å²) < 4.78 is 28.2. The predicted molar refractivity (Wildman–Crippen MR) is 106 cm³/mol. The van der Waals surface area contributed by atoms with E-state index < -0.39 is 27.9 Å². The average molecular weight is 423 g/mol. The van der Waals surface area contributed by atoms with Crippen LogP contribution in [0.1, 0.15) is 18.4 Å². The van der Waals surface area contributed by atoms with Crippen LogP contribution >= 0.6 is 0 Å². The fraction of sp³-hybridized carbons (Fsp3) is 0.500. The van der Waals surface area contributed by atoms with Gasteiger partial charge in [-0.3, -0.25) is 14.4 Å². The Morgan fingerprint density at radius 2 is 1.90 bits per heavy atom. The van der Waals surface area contributed by atoms with Crippen LogP contribution in [0.5, 0.6) is 0 Å². The summed E-state index contributed by atoms with van der Waals surface area (Å²) in [5.41, 5.74) is 6.20. The molecule has 2 heterocycles. The van der Waals surface area contributed by atoms with Gasteiger partial charge in [-0.2, -0.15) is 4.72 Å². The maximum absolute atomic E-state index is 13.0. The van der Waals surface area contributed by atoms with Gasteiger partial charge in [-0.15, -0.1) is 0 Å². The van der Waals surface area contributed by atoms with Gasteiger partial charge in [0.05, 0.1) is 4.90 Å². The van der Waals surface area contributed by atoms with Crippen molar-refractivity contribution < 1.29 is 22.8 Å². The highest BCUT2D eigenvalue weighted by molar-refractivity contribution is 7.89. The highest BCUT2D eigenvalue weighted by atomic mass is 32.2. The number of primary amides is 1. The summed E-state index contributed by atoms with van der Waals surface area (Å²) in [6, 6.07) is 2.87. The van der Waals surface area contributed by atoms with E-state index in [2.05, 4.69) is 10.0 Å². The lowest BCUT2D eigenvalue weighted by Crippen LogP contribution is -2.58. The van der Waals surface area contributed by atoms with Gasteiger partial charge >= 0.3 is 0 Å². The zero-order valence-electron chi connectivity index (χ0n) is 16.2. The van der Waals surface area contributed by atoms with E-state index in [1.165, 1.54) is 17.0 Å².